The van der Waals surface area contributed by atoms with Crippen LogP contribution in [-0.4, -0.2) is 17.4 Å². The Morgan fingerprint density at radius 1 is 1.13 bits per heavy atom. The minimum Gasteiger partial charge on any atom is -0.370 e. The molecule has 0 unspecified atom stereocenters. The van der Waals surface area contributed by atoms with Crippen LogP contribution in [0.15, 0.2) is 42.6 Å². The lowest BCUT2D eigenvalue weighted by Crippen LogP contribution is -2.09. The monoisotopic (exact) mass is 323 g/mol. The summed E-state index contributed by atoms with van der Waals surface area (Å²) in [5, 5.41) is 5.65. The zero-order chi connectivity index (χ0) is 16.9. The molecule has 0 bridgehead atoms. The summed E-state index contributed by atoms with van der Waals surface area (Å²) in [5.74, 6) is 0.265. The molecule has 0 radical (unpaired) electrons. The predicted octanol–water partition coefficient (Wildman–Crippen LogP) is 3.71. The molecule has 4 nitrogen and oxygen atoms in total. The van der Waals surface area contributed by atoms with Crippen LogP contribution in [0.2, 0.25) is 0 Å². The number of anilines is 2. The van der Waals surface area contributed by atoms with E-state index in [0.717, 1.165) is 23.5 Å². The van der Waals surface area contributed by atoms with E-state index < -0.39 is 11.7 Å². The highest BCUT2D eigenvalue weighted by molar-refractivity contribution is 5.88. The molecule has 0 aliphatic rings. The highest BCUT2D eigenvalue weighted by Crippen LogP contribution is 2.28. The third kappa shape index (κ3) is 5.28. The van der Waals surface area contributed by atoms with E-state index in [2.05, 4.69) is 15.6 Å². The molecule has 1 aromatic carbocycles. The largest absolute Gasteiger partial charge is 0.417 e. The zero-order valence-electron chi connectivity index (χ0n) is 12.4. The Labute approximate surface area is 131 Å². The number of nitrogens with one attached hydrogen (secondary N) is 2. The summed E-state index contributed by atoms with van der Waals surface area (Å²) in [6.45, 7) is 1.98. The van der Waals surface area contributed by atoms with Crippen molar-refractivity contribution >= 4 is 17.4 Å². The van der Waals surface area contributed by atoms with E-state index in [0.29, 0.717) is 18.8 Å². The molecule has 0 atom stereocenters. The third-order valence-electron chi connectivity index (χ3n) is 3.08. The zero-order valence-corrected chi connectivity index (χ0v) is 12.4. The predicted molar refractivity (Wildman–Crippen MR) is 82.2 cm³/mol. The maximum atomic E-state index is 12.4. The molecule has 1 aromatic heterocycles. The summed E-state index contributed by atoms with van der Waals surface area (Å²) in [6.07, 6.45) is -2.88. The summed E-state index contributed by atoms with van der Waals surface area (Å²) in [4.78, 5) is 14.7. The van der Waals surface area contributed by atoms with Crippen LogP contribution in [0.4, 0.5) is 24.7 Å². The number of nitrogens with zero attached hydrogens (tertiary/aromatic N) is 1. The van der Waals surface area contributed by atoms with Gasteiger partial charge in [0.05, 0.1) is 5.56 Å². The molecule has 1 amide bonds. The van der Waals surface area contributed by atoms with Crippen LogP contribution in [0.25, 0.3) is 0 Å². The highest BCUT2D eigenvalue weighted by atomic mass is 19.4. The van der Waals surface area contributed by atoms with Crippen LogP contribution < -0.4 is 10.6 Å². The van der Waals surface area contributed by atoms with Gasteiger partial charge in [-0.1, -0.05) is 12.1 Å². The van der Waals surface area contributed by atoms with Crippen LogP contribution in [0.3, 0.4) is 0 Å². The highest BCUT2D eigenvalue weighted by Gasteiger charge is 2.30. The number of hydrogen-bond acceptors (Lipinski definition) is 3. The van der Waals surface area contributed by atoms with E-state index in [1.807, 2.05) is 12.1 Å². The average molecular weight is 323 g/mol. The first-order valence-electron chi connectivity index (χ1n) is 6.98. The first kappa shape index (κ1) is 16.8. The fraction of sp³-hybridized carbons (Fsp3) is 0.250. The molecule has 0 aliphatic heterocycles. The summed E-state index contributed by atoms with van der Waals surface area (Å²) < 4.78 is 37.3. The number of pyridine rings is 1. The van der Waals surface area contributed by atoms with Crippen molar-refractivity contribution in [3.05, 3.63) is 53.7 Å². The van der Waals surface area contributed by atoms with Crippen molar-refractivity contribution in [1.29, 1.82) is 0 Å². The van der Waals surface area contributed by atoms with Gasteiger partial charge in [-0.15, -0.1) is 0 Å². The Kier molecular flexibility index (Phi) is 5.20. The van der Waals surface area contributed by atoms with Crippen molar-refractivity contribution in [3.63, 3.8) is 0 Å². The molecule has 23 heavy (non-hydrogen) atoms. The number of alkyl halides is 3. The van der Waals surface area contributed by atoms with Gasteiger partial charge < -0.3 is 10.6 Å². The summed E-state index contributed by atoms with van der Waals surface area (Å²) in [6, 6.07) is 9.67. The summed E-state index contributed by atoms with van der Waals surface area (Å²) >= 11 is 0. The van der Waals surface area contributed by atoms with Gasteiger partial charge in [-0.05, 0) is 36.2 Å². The second kappa shape index (κ2) is 7.13. The number of rotatable bonds is 5. The molecule has 0 spiro atoms. The van der Waals surface area contributed by atoms with Crippen LogP contribution in [0.1, 0.15) is 18.1 Å². The van der Waals surface area contributed by atoms with Crippen molar-refractivity contribution in [1.82, 2.24) is 4.98 Å². The van der Waals surface area contributed by atoms with Crippen LogP contribution >= 0.6 is 0 Å². The Hall–Kier alpha value is -2.57. The maximum Gasteiger partial charge on any atom is 0.417 e. The van der Waals surface area contributed by atoms with Gasteiger partial charge in [-0.3, -0.25) is 4.79 Å². The number of amides is 1. The van der Waals surface area contributed by atoms with Gasteiger partial charge in [0.2, 0.25) is 5.91 Å². The molecule has 0 fully saturated rings. The fourth-order valence-electron chi connectivity index (χ4n) is 1.96. The summed E-state index contributed by atoms with van der Waals surface area (Å²) in [5.41, 5.74) is 0.994. The molecule has 0 saturated heterocycles. The van der Waals surface area contributed by atoms with E-state index in [1.54, 1.807) is 12.1 Å². The smallest absolute Gasteiger partial charge is 0.370 e. The van der Waals surface area contributed by atoms with Crippen molar-refractivity contribution in [2.45, 2.75) is 19.5 Å². The van der Waals surface area contributed by atoms with E-state index in [9.17, 15) is 18.0 Å². The van der Waals surface area contributed by atoms with E-state index in [-0.39, 0.29) is 5.91 Å². The molecule has 122 valence electrons. The Morgan fingerprint density at radius 2 is 1.83 bits per heavy atom. The third-order valence-corrected chi connectivity index (χ3v) is 3.08. The number of carbonyl (C=O) groups is 1. The first-order valence-corrected chi connectivity index (χ1v) is 6.98. The van der Waals surface area contributed by atoms with Crippen LogP contribution in [0, 0.1) is 0 Å². The molecule has 2 rings (SSSR count). The minimum atomic E-state index is -4.37. The van der Waals surface area contributed by atoms with Gasteiger partial charge in [0.25, 0.3) is 0 Å². The molecule has 2 N–H and O–H groups in total. The van der Waals surface area contributed by atoms with E-state index in [1.165, 1.54) is 13.0 Å². The molecule has 2 aromatic rings. The van der Waals surface area contributed by atoms with Crippen LogP contribution in [-0.2, 0) is 17.4 Å². The van der Waals surface area contributed by atoms with Gasteiger partial charge in [0.1, 0.15) is 5.82 Å². The Morgan fingerprint density at radius 3 is 2.35 bits per heavy atom. The second-order valence-corrected chi connectivity index (χ2v) is 4.98. The molecule has 0 saturated carbocycles. The van der Waals surface area contributed by atoms with Gasteiger partial charge >= 0.3 is 6.18 Å². The van der Waals surface area contributed by atoms with Crippen molar-refractivity contribution in [2.75, 3.05) is 17.2 Å². The fourth-order valence-corrected chi connectivity index (χ4v) is 1.96. The average Bonchev–Trinajstić information content (AvgIpc) is 2.48. The van der Waals surface area contributed by atoms with E-state index in [4.69, 9.17) is 0 Å². The van der Waals surface area contributed by atoms with Gasteiger partial charge in [-0.2, -0.15) is 13.2 Å². The minimum absolute atomic E-state index is 0.132. The number of hydrogen-bond donors (Lipinski definition) is 2. The van der Waals surface area contributed by atoms with Crippen LogP contribution in [0.5, 0.6) is 0 Å². The molecule has 1 heterocycles. The number of benzene rings is 1. The topological polar surface area (TPSA) is 54.0 Å². The summed E-state index contributed by atoms with van der Waals surface area (Å²) in [7, 11) is 0. The maximum absolute atomic E-state index is 12.4. The lowest BCUT2D eigenvalue weighted by molar-refractivity contribution is -0.137. The number of aromatic nitrogens is 1. The Bertz CT molecular complexity index is 652. The first-order chi connectivity index (χ1) is 10.8. The quantitative estimate of drug-likeness (QED) is 0.882. The van der Waals surface area contributed by atoms with Crippen molar-refractivity contribution in [2.24, 2.45) is 0 Å². The molecular weight excluding hydrogens is 307 g/mol. The van der Waals surface area contributed by atoms with Gasteiger partial charge in [0, 0.05) is 25.4 Å². The lowest BCUT2D eigenvalue weighted by Gasteiger charge is -2.09. The normalized spacial score (nSPS) is 11.1. The SMILES string of the molecule is CC(=O)Nc1ccc(CCNc2ccc(C(F)(F)F)cn2)cc1. The molecule has 0 aliphatic carbocycles. The molecule has 7 heteroatoms. The standard InChI is InChI=1S/C16H16F3N3O/c1-11(23)22-14-5-2-12(3-6-14)8-9-20-15-7-4-13(10-21-15)16(17,18)19/h2-7,10H,8-9H2,1H3,(H,20,21)(H,22,23). The van der Waals surface area contributed by atoms with Crippen molar-refractivity contribution in [3.8, 4) is 0 Å². The van der Waals surface area contributed by atoms with Gasteiger partial charge in [0.15, 0.2) is 0 Å². The number of carbonyl (C=O) groups excluding carboxylic acids is 1. The second-order valence-electron chi connectivity index (χ2n) is 4.98. The number of halogens is 3. The lowest BCUT2D eigenvalue weighted by atomic mass is 10.1. The van der Waals surface area contributed by atoms with Gasteiger partial charge in [-0.25, -0.2) is 4.98 Å². The van der Waals surface area contributed by atoms with Crippen molar-refractivity contribution < 1.29 is 18.0 Å². The van der Waals surface area contributed by atoms with E-state index >= 15 is 0 Å². The Balaban J connectivity index is 1.84. The molecular formula is C16H16F3N3O.